The number of ether oxygens (including phenoxy) is 1. The molecule has 0 aliphatic carbocycles. The number of nitrogens with one attached hydrogen (secondary N) is 1. The van der Waals surface area contributed by atoms with Crippen LogP contribution in [0.2, 0.25) is 0 Å². The van der Waals surface area contributed by atoms with Gasteiger partial charge in [0.25, 0.3) is 0 Å². The van der Waals surface area contributed by atoms with Crippen molar-refractivity contribution < 1.29 is 9.13 Å². The Kier molecular flexibility index (Phi) is 9.06. The van der Waals surface area contributed by atoms with Crippen molar-refractivity contribution in [1.82, 2.24) is 9.97 Å². The molecule has 0 saturated heterocycles. The summed E-state index contributed by atoms with van der Waals surface area (Å²) in [7, 11) is 1.70. The molecule has 1 heterocycles. The molecule has 2 aromatic carbocycles. The lowest BCUT2D eigenvalue weighted by atomic mass is 10.1. The maximum absolute atomic E-state index is 14.3. The first-order valence-electron chi connectivity index (χ1n) is 8.99. The van der Waals surface area contributed by atoms with Crippen LogP contribution in [0.3, 0.4) is 0 Å². The Hall–Kier alpha value is -2.69. The lowest BCUT2D eigenvalue weighted by Crippen LogP contribution is -2.01. The van der Waals surface area contributed by atoms with E-state index in [0.717, 1.165) is 5.56 Å². The summed E-state index contributed by atoms with van der Waals surface area (Å²) in [6, 6.07) is 11.5. The van der Waals surface area contributed by atoms with E-state index in [-0.39, 0.29) is 11.3 Å². The van der Waals surface area contributed by atoms with Gasteiger partial charge in [0.15, 0.2) is 5.82 Å². The van der Waals surface area contributed by atoms with Gasteiger partial charge in [-0.25, -0.2) is 14.4 Å². The van der Waals surface area contributed by atoms with Crippen molar-refractivity contribution in [2.45, 2.75) is 41.2 Å². The fraction of sp³-hybridized carbons (Fsp3) is 0.333. The monoisotopic (exact) mass is 357 g/mol. The van der Waals surface area contributed by atoms with Crippen LogP contribution in [0.5, 0.6) is 5.75 Å². The molecule has 5 heteroatoms. The highest BCUT2D eigenvalue weighted by atomic mass is 19.1. The molecule has 0 saturated carbocycles. The molecule has 4 nitrogen and oxygen atoms in total. The Morgan fingerprint density at radius 3 is 2.35 bits per heavy atom. The third kappa shape index (κ3) is 5.15. The smallest absolute Gasteiger partial charge is 0.223 e. The summed E-state index contributed by atoms with van der Waals surface area (Å²) in [5.74, 6) is 0.618. The SMILES string of the molecule is CC.CC.CNc1ncc2c(OCc3ccccc3)cc(C)c(F)c2n1. The molecule has 0 spiro atoms. The van der Waals surface area contributed by atoms with Crippen molar-refractivity contribution >= 4 is 16.9 Å². The third-order valence-corrected chi connectivity index (χ3v) is 3.42. The van der Waals surface area contributed by atoms with Gasteiger partial charge in [0, 0.05) is 13.2 Å². The van der Waals surface area contributed by atoms with Crippen molar-refractivity contribution in [3.05, 3.63) is 59.5 Å². The number of anilines is 1. The quantitative estimate of drug-likeness (QED) is 0.646. The van der Waals surface area contributed by atoms with Crippen LogP contribution in [0.4, 0.5) is 10.3 Å². The van der Waals surface area contributed by atoms with E-state index in [4.69, 9.17) is 4.74 Å². The van der Waals surface area contributed by atoms with Crippen LogP contribution in [0.1, 0.15) is 38.8 Å². The zero-order valence-corrected chi connectivity index (χ0v) is 16.4. The minimum atomic E-state index is -0.346. The van der Waals surface area contributed by atoms with Gasteiger partial charge in [-0.2, -0.15) is 0 Å². The molecule has 0 amide bonds. The fourth-order valence-corrected chi connectivity index (χ4v) is 2.23. The number of halogens is 1. The second-order valence-corrected chi connectivity index (χ2v) is 4.99. The lowest BCUT2D eigenvalue weighted by molar-refractivity contribution is 0.309. The van der Waals surface area contributed by atoms with E-state index in [1.54, 1.807) is 26.2 Å². The number of fused-ring (bicyclic) bond motifs is 1. The molecule has 0 fully saturated rings. The largest absolute Gasteiger partial charge is 0.488 e. The molecule has 1 N–H and O–H groups in total. The fourth-order valence-electron chi connectivity index (χ4n) is 2.23. The normalized spacial score (nSPS) is 9.50. The summed E-state index contributed by atoms with van der Waals surface area (Å²) in [6.45, 7) is 10.1. The molecule has 0 aliphatic heterocycles. The summed E-state index contributed by atoms with van der Waals surface area (Å²) in [6.07, 6.45) is 1.58. The zero-order valence-electron chi connectivity index (χ0n) is 16.4. The molecule has 1 aromatic heterocycles. The van der Waals surface area contributed by atoms with Crippen LogP contribution in [-0.4, -0.2) is 17.0 Å². The van der Waals surface area contributed by atoms with Gasteiger partial charge in [0.05, 0.1) is 5.39 Å². The highest BCUT2D eigenvalue weighted by Crippen LogP contribution is 2.30. The Labute approximate surface area is 155 Å². The molecule has 0 radical (unpaired) electrons. The maximum atomic E-state index is 14.3. The van der Waals surface area contributed by atoms with E-state index in [0.29, 0.717) is 29.3 Å². The molecule has 0 bridgehead atoms. The molecule has 0 unspecified atom stereocenters. The summed E-state index contributed by atoms with van der Waals surface area (Å²) in [4.78, 5) is 8.34. The van der Waals surface area contributed by atoms with E-state index >= 15 is 0 Å². The second-order valence-electron chi connectivity index (χ2n) is 4.99. The van der Waals surface area contributed by atoms with E-state index in [2.05, 4.69) is 15.3 Å². The zero-order chi connectivity index (χ0) is 19.5. The van der Waals surface area contributed by atoms with E-state index < -0.39 is 0 Å². The molecular weight excluding hydrogens is 329 g/mol. The van der Waals surface area contributed by atoms with Crippen LogP contribution in [0.15, 0.2) is 42.6 Å². The van der Waals surface area contributed by atoms with Crippen LogP contribution in [0.25, 0.3) is 10.9 Å². The predicted octanol–water partition coefficient (Wildman–Crippen LogP) is 5.75. The van der Waals surface area contributed by atoms with Crippen molar-refractivity contribution in [1.29, 1.82) is 0 Å². The number of benzene rings is 2. The first-order valence-corrected chi connectivity index (χ1v) is 8.99. The van der Waals surface area contributed by atoms with E-state index in [1.807, 2.05) is 58.0 Å². The maximum Gasteiger partial charge on any atom is 0.223 e. The van der Waals surface area contributed by atoms with Gasteiger partial charge in [-0.15, -0.1) is 0 Å². The topological polar surface area (TPSA) is 47.0 Å². The number of nitrogens with zero attached hydrogens (tertiary/aromatic N) is 2. The molecule has 3 rings (SSSR count). The predicted molar refractivity (Wildman–Crippen MR) is 107 cm³/mol. The average Bonchev–Trinajstić information content (AvgIpc) is 2.73. The Balaban J connectivity index is 0.000000791. The minimum Gasteiger partial charge on any atom is -0.488 e. The second kappa shape index (κ2) is 11.0. The summed E-state index contributed by atoms with van der Waals surface area (Å²) < 4.78 is 20.1. The number of rotatable bonds is 4. The summed E-state index contributed by atoms with van der Waals surface area (Å²) >= 11 is 0. The van der Waals surface area contributed by atoms with Crippen molar-refractivity contribution in [3.63, 3.8) is 0 Å². The first kappa shape index (κ1) is 21.4. The van der Waals surface area contributed by atoms with Crippen LogP contribution in [0, 0.1) is 12.7 Å². The highest BCUT2D eigenvalue weighted by Gasteiger charge is 2.13. The molecule has 0 aliphatic rings. The standard InChI is InChI=1S/C17H16FN3O.2C2H6/c1-11-8-14(22-10-12-6-4-3-5-7-12)13-9-20-17(19-2)21-16(13)15(11)18;2*1-2/h3-9H,10H2,1-2H3,(H,19,20,21);2*1-2H3. The van der Waals surface area contributed by atoms with Gasteiger partial charge in [-0.05, 0) is 24.1 Å². The number of aryl methyl sites for hydroxylation is 1. The first-order chi connectivity index (χ1) is 12.7. The van der Waals surface area contributed by atoms with Gasteiger partial charge in [-0.3, -0.25) is 0 Å². The molecular formula is C21H28FN3O. The van der Waals surface area contributed by atoms with Gasteiger partial charge < -0.3 is 10.1 Å². The average molecular weight is 357 g/mol. The van der Waals surface area contributed by atoms with E-state index in [9.17, 15) is 4.39 Å². The summed E-state index contributed by atoms with van der Waals surface area (Å²) in [5.41, 5.74) is 1.81. The van der Waals surface area contributed by atoms with Crippen LogP contribution < -0.4 is 10.1 Å². The number of hydrogen-bond donors (Lipinski definition) is 1. The summed E-state index contributed by atoms with van der Waals surface area (Å²) in [5, 5.41) is 3.38. The molecule has 0 atom stereocenters. The molecule has 26 heavy (non-hydrogen) atoms. The van der Waals surface area contributed by atoms with Gasteiger partial charge in [0.1, 0.15) is 17.9 Å². The minimum absolute atomic E-state index is 0.266. The van der Waals surface area contributed by atoms with Gasteiger partial charge >= 0.3 is 0 Å². The van der Waals surface area contributed by atoms with Crippen molar-refractivity contribution in [2.24, 2.45) is 0 Å². The lowest BCUT2D eigenvalue weighted by Gasteiger charge is -2.12. The van der Waals surface area contributed by atoms with Gasteiger partial charge in [0.2, 0.25) is 5.95 Å². The van der Waals surface area contributed by atoms with Crippen molar-refractivity contribution in [2.75, 3.05) is 12.4 Å². The highest BCUT2D eigenvalue weighted by molar-refractivity contribution is 5.86. The van der Waals surface area contributed by atoms with Crippen LogP contribution >= 0.6 is 0 Å². The molecule has 3 aromatic rings. The Morgan fingerprint density at radius 1 is 1.08 bits per heavy atom. The van der Waals surface area contributed by atoms with Crippen molar-refractivity contribution in [3.8, 4) is 5.75 Å². The Bertz CT molecular complexity index is 807. The van der Waals surface area contributed by atoms with Gasteiger partial charge in [-0.1, -0.05) is 58.0 Å². The Morgan fingerprint density at radius 2 is 1.73 bits per heavy atom. The number of hydrogen-bond acceptors (Lipinski definition) is 4. The number of aromatic nitrogens is 2. The van der Waals surface area contributed by atoms with E-state index in [1.165, 1.54) is 0 Å². The third-order valence-electron chi connectivity index (χ3n) is 3.42. The molecule has 140 valence electrons. The van der Waals surface area contributed by atoms with Crippen LogP contribution in [-0.2, 0) is 6.61 Å².